The SMILES string of the molecule is FC1(F)CCN(c2cc(Br)cc(OC(F)(F)F)c2)CC1. The molecule has 1 fully saturated rings. The molecule has 0 radical (unpaired) electrons. The maximum absolute atomic E-state index is 13.1. The van der Waals surface area contributed by atoms with E-state index in [2.05, 4.69) is 20.7 Å². The van der Waals surface area contributed by atoms with Gasteiger partial charge in [-0.15, -0.1) is 13.2 Å². The largest absolute Gasteiger partial charge is 0.573 e. The molecule has 1 aliphatic rings. The van der Waals surface area contributed by atoms with Crippen LogP contribution in [0.2, 0.25) is 0 Å². The molecule has 1 aromatic carbocycles. The standard InChI is InChI=1S/C12H11BrF5NO/c13-8-5-9(7-10(6-8)20-12(16,17)18)19-3-1-11(14,15)2-4-19/h5-7H,1-4H2. The second-order valence-electron chi connectivity index (χ2n) is 4.54. The molecule has 0 atom stereocenters. The van der Waals surface area contributed by atoms with Crippen molar-refractivity contribution in [2.75, 3.05) is 18.0 Å². The number of anilines is 1. The maximum atomic E-state index is 13.1. The molecular formula is C12H11BrF5NO. The molecule has 0 aliphatic carbocycles. The summed E-state index contributed by atoms with van der Waals surface area (Å²) in [7, 11) is 0. The van der Waals surface area contributed by atoms with E-state index in [9.17, 15) is 22.0 Å². The Bertz CT molecular complexity index is 481. The number of rotatable bonds is 2. The van der Waals surface area contributed by atoms with E-state index >= 15 is 0 Å². The van der Waals surface area contributed by atoms with Crippen molar-refractivity contribution in [1.82, 2.24) is 0 Å². The molecule has 8 heteroatoms. The highest BCUT2D eigenvalue weighted by Crippen LogP contribution is 2.34. The lowest BCUT2D eigenvalue weighted by Crippen LogP contribution is -2.39. The van der Waals surface area contributed by atoms with Crippen LogP contribution in [0.25, 0.3) is 0 Å². The van der Waals surface area contributed by atoms with E-state index in [1.807, 2.05) is 0 Å². The molecule has 0 saturated carbocycles. The number of hydrogen-bond donors (Lipinski definition) is 0. The molecule has 1 aromatic rings. The van der Waals surface area contributed by atoms with Crippen molar-refractivity contribution in [3.8, 4) is 5.75 Å². The minimum atomic E-state index is -4.78. The van der Waals surface area contributed by atoms with Crippen LogP contribution in [-0.4, -0.2) is 25.4 Å². The van der Waals surface area contributed by atoms with Crippen LogP contribution in [0, 0.1) is 0 Å². The zero-order chi connectivity index (χ0) is 15.0. The normalized spacial score (nSPS) is 19.0. The van der Waals surface area contributed by atoms with Crippen LogP contribution >= 0.6 is 15.9 Å². The molecule has 0 unspecified atom stereocenters. The molecule has 0 amide bonds. The van der Waals surface area contributed by atoms with E-state index in [4.69, 9.17) is 0 Å². The second-order valence-corrected chi connectivity index (χ2v) is 5.45. The summed E-state index contributed by atoms with van der Waals surface area (Å²) >= 11 is 3.09. The summed E-state index contributed by atoms with van der Waals surface area (Å²) in [6, 6.07) is 3.95. The lowest BCUT2D eigenvalue weighted by molar-refractivity contribution is -0.274. The van der Waals surface area contributed by atoms with Gasteiger partial charge in [0.25, 0.3) is 5.92 Å². The quantitative estimate of drug-likeness (QED) is 0.716. The molecule has 1 heterocycles. The molecule has 0 bridgehead atoms. The summed E-state index contributed by atoms with van der Waals surface area (Å²) in [5.74, 6) is -3.08. The smallest absolute Gasteiger partial charge is 0.406 e. The topological polar surface area (TPSA) is 12.5 Å². The van der Waals surface area contributed by atoms with E-state index in [-0.39, 0.29) is 31.7 Å². The van der Waals surface area contributed by atoms with Crippen molar-refractivity contribution in [1.29, 1.82) is 0 Å². The highest BCUT2D eigenvalue weighted by atomic mass is 79.9. The third-order valence-corrected chi connectivity index (χ3v) is 3.41. The summed E-state index contributed by atoms with van der Waals surface area (Å²) in [6.07, 6.45) is -5.41. The predicted molar refractivity (Wildman–Crippen MR) is 67.2 cm³/mol. The molecule has 0 spiro atoms. The van der Waals surface area contributed by atoms with Crippen LogP contribution in [0.4, 0.5) is 27.6 Å². The summed E-state index contributed by atoms with van der Waals surface area (Å²) in [5, 5.41) is 0. The maximum Gasteiger partial charge on any atom is 0.573 e. The zero-order valence-electron chi connectivity index (χ0n) is 10.2. The van der Waals surface area contributed by atoms with Gasteiger partial charge in [-0.25, -0.2) is 8.78 Å². The average molecular weight is 360 g/mol. The van der Waals surface area contributed by atoms with E-state index < -0.39 is 12.3 Å². The van der Waals surface area contributed by atoms with Crippen LogP contribution in [-0.2, 0) is 0 Å². The molecule has 20 heavy (non-hydrogen) atoms. The van der Waals surface area contributed by atoms with Gasteiger partial charge >= 0.3 is 6.36 Å². The van der Waals surface area contributed by atoms with Crippen molar-refractivity contribution in [2.24, 2.45) is 0 Å². The Morgan fingerprint density at radius 3 is 2.25 bits per heavy atom. The van der Waals surface area contributed by atoms with Gasteiger partial charge in [0, 0.05) is 42.2 Å². The number of nitrogens with zero attached hydrogens (tertiary/aromatic N) is 1. The van der Waals surface area contributed by atoms with Crippen LogP contribution in [0.15, 0.2) is 22.7 Å². The molecule has 2 nitrogen and oxygen atoms in total. The van der Waals surface area contributed by atoms with Gasteiger partial charge < -0.3 is 9.64 Å². The van der Waals surface area contributed by atoms with E-state index in [0.717, 1.165) is 0 Å². The third kappa shape index (κ3) is 4.22. The van der Waals surface area contributed by atoms with E-state index in [1.165, 1.54) is 12.1 Å². The first-order valence-electron chi connectivity index (χ1n) is 5.84. The Morgan fingerprint density at radius 1 is 1.10 bits per heavy atom. The Hall–Kier alpha value is -1.05. The number of ether oxygens (including phenoxy) is 1. The van der Waals surface area contributed by atoms with Crippen molar-refractivity contribution in [3.63, 3.8) is 0 Å². The molecule has 1 aliphatic heterocycles. The van der Waals surface area contributed by atoms with Gasteiger partial charge in [-0.2, -0.15) is 0 Å². The number of benzene rings is 1. The number of hydrogen-bond acceptors (Lipinski definition) is 2. The first kappa shape index (κ1) is 15.3. The van der Waals surface area contributed by atoms with Crippen LogP contribution < -0.4 is 9.64 Å². The van der Waals surface area contributed by atoms with Crippen molar-refractivity contribution >= 4 is 21.6 Å². The van der Waals surface area contributed by atoms with Gasteiger partial charge in [-0.05, 0) is 12.1 Å². The van der Waals surface area contributed by atoms with Crippen molar-refractivity contribution in [3.05, 3.63) is 22.7 Å². The zero-order valence-corrected chi connectivity index (χ0v) is 11.8. The van der Waals surface area contributed by atoms with Crippen LogP contribution in [0.3, 0.4) is 0 Å². The summed E-state index contributed by atoms with van der Waals surface area (Å²) < 4.78 is 67.0. The summed E-state index contributed by atoms with van der Waals surface area (Å²) in [4.78, 5) is 1.62. The Labute approximate surface area is 120 Å². The molecule has 2 rings (SSSR count). The Balaban J connectivity index is 2.16. The van der Waals surface area contributed by atoms with E-state index in [1.54, 1.807) is 11.0 Å². The summed E-state index contributed by atoms with van der Waals surface area (Å²) in [5.41, 5.74) is 0.425. The van der Waals surface area contributed by atoms with Crippen molar-refractivity contribution < 1.29 is 26.7 Å². The second kappa shape index (κ2) is 5.38. The Kier molecular flexibility index (Phi) is 4.13. The van der Waals surface area contributed by atoms with Crippen molar-refractivity contribution in [2.45, 2.75) is 25.1 Å². The highest BCUT2D eigenvalue weighted by Gasteiger charge is 2.35. The minimum Gasteiger partial charge on any atom is -0.406 e. The first-order valence-corrected chi connectivity index (χ1v) is 6.63. The van der Waals surface area contributed by atoms with Crippen LogP contribution in [0.5, 0.6) is 5.75 Å². The van der Waals surface area contributed by atoms with Gasteiger partial charge in [0.1, 0.15) is 5.75 Å². The lowest BCUT2D eigenvalue weighted by atomic mass is 10.1. The number of alkyl halides is 5. The molecule has 0 N–H and O–H groups in total. The summed E-state index contributed by atoms with van der Waals surface area (Å²) in [6.45, 7) is 0.184. The van der Waals surface area contributed by atoms with Crippen LogP contribution in [0.1, 0.15) is 12.8 Å². The molecule has 112 valence electrons. The fourth-order valence-electron chi connectivity index (χ4n) is 2.02. The minimum absolute atomic E-state index is 0.0922. The first-order chi connectivity index (χ1) is 9.15. The van der Waals surface area contributed by atoms with Gasteiger partial charge in [0.2, 0.25) is 0 Å². The molecular weight excluding hydrogens is 349 g/mol. The van der Waals surface area contributed by atoms with Gasteiger partial charge in [-0.3, -0.25) is 0 Å². The third-order valence-electron chi connectivity index (χ3n) is 2.95. The number of piperidine rings is 1. The highest BCUT2D eigenvalue weighted by molar-refractivity contribution is 9.10. The fourth-order valence-corrected chi connectivity index (χ4v) is 2.48. The molecule has 0 aromatic heterocycles. The molecule has 1 saturated heterocycles. The Morgan fingerprint density at radius 2 is 1.70 bits per heavy atom. The van der Waals surface area contributed by atoms with E-state index in [0.29, 0.717) is 10.2 Å². The average Bonchev–Trinajstić information content (AvgIpc) is 2.25. The number of halogens is 6. The fraction of sp³-hybridized carbons (Fsp3) is 0.500. The van der Waals surface area contributed by atoms with Gasteiger partial charge in [-0.1, -0.05) is 15.9 Å². The lowest BCUT2D eigenvalue weighted by Gasteiger charge is -2.33. The van der Waals surface area contributed by atoms with Gasteiger partial charge in [0.05, 0.1) is 0 Å². The predicted octanol–water partition coefficient (Wildman–Crippen LogP) is 4.58. The van der Waals surface area contributed by atoms with Gasteiger partial charge in [0.15, 0.2) is 0 Å². The monoisotopic (exact) mass is 359 g/mol.